The van der Waals surface area contributed by atoms with Crippen LogP contribution in [0.3, 0.4) is 0 Å². The van der Waals surface area contributed by atoms with E-state index in [4.69, 9.17) is 4.74 Å². The smallest absolute Gasteiger partial charge is 0.416 e. The molecule has 3 aromatic rings. The van der Waals surface area contributed by atoms with Crippen molar-refractivity contribution in [2.75, 3.05) is 11.9 Å². The third kappa shape index (κ3) is 4.86. The first-order valence-electron chi connectivity index (χ1n) is 10.3. The fraction of sp³-hybridized carbons (Fsp3) is 0.375. The molecule has 1 aliphatic rings. The van der Waals surface area contributed by atoms with Crippen molar-refractivity contribution in [2.45, 2.75) is 39.3 Å². The predicted molar refractivity (Wildman–Crippen MR) is 114 cm³/mol. The molecule has 1 fully saturated rings. The number of carbonyl (C=O) groups excluding carboxylic acids is 1. The molecule has 1 saturated carbocycles. The van der Waals surface area contributed by atoms with Gasteiger partial charge in [0.1, 0.15) is 5.75 Å². The Hall–Kier alpha value is -2.96. The average molecular weight is 430 g/mol. The molecule has 4 rings (SSSR count). The number of alkyl halides is 3. The first kappa shape index (κ1) is 21.3. The molecule has 31 heavy (non-hydrogen) atoms. The van der Waals surface area contributed by atoms with E-state index in [0.29, 0.717) is 18.8 Å². The van der Waals surface area contributed by atoms with Gasteiger partial charge in [0.05, 0.1) is 17.9 Å². The van der Waals surface area contributed by atoms with Crippen LogP contribution in [0.5, 0.6) is 5.75 Å². The number of hydrogen-bond acceptors (Lipinski definition) is 2. The summed E-state index contributed by atoms with van der Waals surface area (Å²) in [5.41, 5.74) is 2.24. The highest BCUT2D eigenvalue weighted by Crippen LogP contribution is 2.45. The number of amides is 1. The Bertz CT molecular complexity index is 1080. The van der Waals surface area contributed by atoms with Gasteiger partial charge in [-0.25, -0.2) is 0 Å². The number of benzene rings is 2. The van der Waals surface area contributed by atoms with Gasteiger partial charge in [0.15, 0.2) is 0 Å². The highest BCUT2D eigenvalue weighted by atomic mass is 19.4. The van der Waals surface area contributed by atoms with Gasteiger partial charge in [0, 0.05) is 29.4 Å². The molecule has 0 radical (unpaired) electrons. The molecular formula is C24H25F3N2O2. The lowest BCUT2D eigenvalue weighted by molar-refractivity contribution is -0.137. The van der Waals surface area contributed by atoms with E-state index >= 15 is 0 Å². The zero-order chi connectivity index (χ0) is 22.2. The lowest BCUT2D eigenvalue weighted by atomic mass is 9.64. The number of rotatable bonds is 6. The number of hydrogen-bond donors (Lipinski definition) is 2. The number of ether oxygens (including phenoxy) is 1. The molecule has 0 bridgehead atoms. The van der Waals surface area contributed by atoms with E-state index < -0.39 is 11.7 Å². The Morgan fingerprint density at radius 1 is 1.16 bits per heavy atom. The van der Waals surface area contributed by atoms with E-state index in [1.165, 1.54) is 12.1 Å². The third-order valence-corrected chi connectivity index (χ3v) is 5.81. The van der Waals surface area contributed by atoms with Crippen molar-refractivity contribution in [2.24, 2.45) is 11.3 Å². The largest absolute Gasteiger partial charge is 0.493 e. The number of fused-ring (bicyclic) bond motifs is 1. The molecule has 0 spiro atoms. The van der Waals surface area contributed by atoms with Crippen molar-refractivity contribution < 1.29 is 22.7 Å². The number of carbonyl (C=O) groups is 1. The highest BCUT2D eigenvalue weighted by Gasteiger charge is 2.40. The number of aromatic amines is 1. The van der Waals surface area contributed by atoms with Crippen LogP contribution in [0, 0.1) is 11.3 Å². The molecule has 0 aliphatic heterocycles. The summed E-state index contributed by atoms with van der Waals surface area (Å²) in [4.78, 5) is 15.7. The van der Waals surface area contributed by atoms with Crippen molar-refractivity contribution in [1.29, 1.82) is 0 Å². The second-order valence-corrected chi connectivity index (χ2v) is 8.96. The number of H-pyrrole nitrogens is 1. The van der Waals surface area contributed by atoms with Crippen LogP contribution in [0.1, 0.15) is 37.8 Å². The van der Waals surface area contributed by atoms with Gasteiger partial charge in [-0.15, -0.1) is 0 Å². The molecule has 1 aromatic heterocycles. The number of halogens is 3. The van der Waals surface area contributed by atoms with E-state index in [2.05, 4.69) is 24.1 Å². The second kappa shape index (κ2) is 7.94. The van der Waals surface area contributed by atoms with Crippen molar-refractivity contribution >= 4 is 22.5 Å². The Morgan fingerprint density at radius 2 is 1.87 bits per heavy atom. The summed E-state index contributed by atoms with van der Waals surface area (Å²) in [6, 6.07) is 10.6. The van der Waals surface area contributed by atoms with E-state index in [-0.39, 0.29) is 17.2 Å². The van der Waals surface area contributed by atoms with Crippen LogP contribution >= 0.6 is 0 Å². The normalized spacial score (nSPS) is 16.2. The minimum Gasteiger partial charge on any atom is -0.493 e. The number of aromatic nitrogens is 1. The van der Waals surface area contributed by atoms with Crippen LogP contribution in [0.25, 0.3) is 10.9 Å². The second-order valence-electron chi connectivity index (χ2n) is 8.96. The van der Waals surface area contributed by atoms with Gasteiger partial charge in [-0.3, -0.25) is 4.79 Å². The standard InChI is InChI=1S/C24H25F3N2O2/c1-23(2)12-16(13-23)22(30)29-21-14-28-20-8-3-15(11-19(20)21)9-10-31-18-6-4-17(5-7-18)24(25,26)27/h3-8,11,14,16,28H,9-10,12-13H2,1-2H3,(H,29,30). The quantitative estimate of drug-likeness (QED) is 0.490. The Balaban J connectivity index is 1.36. The van der Waals surface area contributed by atoms with Crippen LogP contribution in [-0.4, -0.2) is 17.5 Å². The van der Waals surface area contributed by atoms with Gasteiger partial charge in [0.2, 0.25) is 5.91 Å². The van der Waals surface area contributed by atoms with Crippen molar-refractivity contribution in [1.82, 2.24) is 4.98 Å². The molecule has 0 atom stereocenters. The Labute approximate surface area is 178 Å². The van der Waals surface area contributed by atoms with Gasteiger partial charge < -0.3 is 15.0 Å². The zero-order valence-corrected chi connectivity index (χ0v) is 17.5. The SMILES string of the molecule is CC1(C)CC(C(=O)Nc2c[nH]c3ccc(CCOc4ccc(C(F)(F)F)cc4)cc23)C1. The number of anilines is 1. The van der Waals surface area contributed by atoms with Gasteiger partial charge >= 0.3 is 6.18 Å². The van der Waals surface area contributed by atoms with Gasteiger partial charge in [-0.1, -0.05) is 19.9 Å². The van der Waals surface area contributed by atoms with Crippen LogP contribution < -0.4 is 10.1 Å². The first-order valence-corrected chi connectivity index (χ1v) is 10.3. The molecule has 2 N–H and O–H groups in total. The highest BCUT2D eigenvalue weighted by molar-refractivity contribution is 6.02. The third-order valence-electron chi connectivity index (χ3n) is 5.81. The molecule has 0 saturated heterocycles. The molecule has 1 heterocycles. The summed E-state index contributed by atoms with van der Waals surface area (Å²) in [6.45, 7) is 4.67. The predicted octanol–water partition coefficient (Wildman–Crippen LogP) is 6.18. The van der Waals surface area contributed by atoms with Crippen LogP contribution in [0.2, 0.25) is 0 Å². The fourth-order valence-electron chi connectivity index (χ4n) is 4.15. The van der Waals surface area contributed by atoms with Crippen LogP contribution in [0.4, 0.5) is 18.9 Å². The van der Waals surface area contributed by atoms with E-state index in [0.717, 1.165) is 47.1 Å². The minimum atomic E-state index is -4.35. The lowest BCUT2D eigenvalue weighted by Crippen LogP contribution is -2.39. The van der Waals surface area contributed by atoms with Crippen molar-refractivity contribution in [3.63, 3.8) is 0 Å². The molecule has 164 valence electrons. The monoisotopic (exact) mass is 430 g/mol. The van der Waals surface area contributed by atoms with Gasteiger partial charge in [-0.2, -0.15) is 13.2 Å². The van der Waals surface area contributed by atoms with E-state index in [1.807, 2.05) is 18.2 Å². The zero-order valence-electron chi connectivity index (χ0n) is 17.5. The Kier molecular flexibility index (Phi) is 5.45. The molecule has 7 heteroatoms. The maximum Gasteiger partial charge on any atom is 0.416 e. The van der Waals surface area contributed by atoms with Crippen molar-refractivity contribution in [3.8, 4) is 5.75 Å². The maximum absolute atomic E-state index is 12.6. The molecule has 1 aliphatic carbocycles. The summed E-state index contributed by atoms with van der Waals surface area (Å²) in [6.07, 6.45) is -0.172. The lowest BCUT2D eigenvalue weighted by Gasteiger charge is -2.41. The van der Waals surface area contributed by atoms with Gasteiger partial charge in [-0.05, 0) is 60.2 Å². The summed E-state index contributed by atoms with van der Waals surface area (Å²) < 4.78 is 43.5. The van der Waals surface area contributed by atoms with E-state index in [9.17, 15) is 18.0 Å². The summed E-state index contributed by atoms with van der Waals surface area (Å²) in [7, 11) is 0. The first-order chi connectivity index (χ1) is 14.6. The molecule has 2 aromatic carbocycles. The Morgan fingerprint density at radius 3 is 2.52 bits per heavy atom. The maximum atomic E-state index is 12.6. The summed E-state index contributed by atoms with van der Waals surface area (Å²) in [5, 5.41) is 3.97. The fourth-order valence-corrected chi connectivity index (χ4v) is 4.15. The summed E-state index contributed by atoms with van der Waals surface area (Å²) >= 11 is 0. The minimum absolute atomic E-state index is 0.0521. The molecular weight excluding hydrogens is 405 g/mol. The topological polar surface area (TPSA) is 54.1 Å². The van der Waals surface area contributed by atoms with Crippen molar-refractivity contribution in [3.05, 3.63) is 59.8 Å². The molecule has 0 unspecified atom stereocenters. The van der Waals surface area contributed by atoms with E-state index in [1.54, 1.807) is 6.20 Å². The number of nitrogens with one attached hydrogen (secondary N) is 2. The van der Waals surface area contributed by atoms with Crippen LogP contribution in [0.15, 0.2) is 48.7 Å². The summed E-state index contributed by atoms with van der Waals surface area (Å²) in [5.74, 6) is 0.503. The molecule has 4 nitrogen and oxygen atoms in total. The average Bonchev–Trinajstić information content (AvgIpc) is 3.08. The van der Waals surface area contributed by atoms with Gasteiger partial charge in [0.25, 0.3) is 0 Å². The molecule has 1 amide bonds. The van der Waals surface area contributed by atoms with Crippen LogP contribution in [-0.2, 0) is 17.4 Å².